The molecule has 0 aliphatic carbocycles. The SMILES string of the molecule is COc1ccc(C(=O)OCC(=O)NC(=O)Nc2ccc(C)cc2C)c(OC)c1. The topological polar surface area (TPSA) is 103 Å². The van der Waals surface area contributed by atoms with Crippen molar-refractivity contribution in [1.29, 1.82) is 0 Å². The van der Waals surface area contributed by atoms with Gasteiger partial charge < -0.3 is 19.5 Å². The summed E-state index contributed by atoms with van der Waals surface area (Å²) in [7, 11) is 2.88. The number of urea groups is 1. The number of hydrogen-bond donors (Lipinski definition) is 2. The normalized spacial score (nSPS) is 10.0. The minimum atomic E-state index is -0.761. The van der Waals surface area contributed by atoms with Crippen molar-refractivity contribution in [2.75, 3.05) is 26.1 Å². The smallest absolute Gasteiger partial charge is 0.342 e. The average molecular weight is 386 g/mol. The predicted octanol–water partition coefficient (Wildman–Crippen LogP) is 2.83. The first kappa shape index (κ1) is 20.8. The number of rotatable bonds is 6. The minimum absolute atomic E-state index is 0.135. The highest BCUT2D eigenvalue weighted by molar-refractivity contribution is 6.02. The first-order chi connectivity index (χ1) is 13.3. The van der Waals surface area contributed by atoms with Gasteiger partial charge in [-0.2, -0.15) is 0 Å². The quantitative estimate of drug-likeness (QED) is 0.740. The van der Waals surface area contributed by atoms with Crippen molar-refractivity contribution in [2.45, 2.75) is 13.8 Å². The molecule has 0 radical (unpaired) electrons. The van der Waals surface area contributed by atoms with Crippen LogP contribution in [0, 0.1) is 13.8 Å². The second kappa shape index (κ2) is 9.40. The molecule has 0 aliphatic heterocycles. The maximum absolute atomic E-state index is 12.2. The van der Waals surface area contributed by atoms with Crippen LogP contribution in [0.25, 0.3) is 0 Å². The van der Waals surface area contributed by atoms with Gasteiger partial charge in [0.2, 0.25) is 0 Å². The van der Waals surface area contributed by atoms with E-state index >= 15 is 0 Å². The fourth-order valence-electron chi connectivity index (χ4n) is 2.45. The lowest BCUT2D eigenvalue weighted by Gasteiger charge is -2.11. The van der Waals surface area contributed by atoms with Crippen molar-refractivity contribution in [1.82, 2.24) is 5.32 Å². The predicted molar refractivity (Wildman–Crippen MR) is 103 cm³/mol. The van der Waals surface area contributed by atoms with E-state index < -0.39 is 24.5 Å². The van der Waals surface area contributed by atoms with E-state index in [2.05, 4.69) is 10.6 Å². The van der Waals surface area contributed by atoms with Gasteiger partial charge in [0.15, 0.2) is 6.61 Å². The Morgan fingerprint density at radius 1 is 0.964 bits per heavy atom. The van der Waals surface area contributed by atoms with Crippen LogP contribution >= 0.6 is 0 Å². The lowest BCUT2D eigenvalue weighted by molar-refractivity contribution is -0.123. The van der Waals surface area contributed by atoms with E-state index in [9.17, 15) is 14.4 Å². The van der Waals surface area contributed by atoms with E-state index in [4.69, 9.17) is 14.2 Å². The number of carbonyl (C=O) groups is 3. The summed E-state index contributed by atoms with van der Waals surface area (Å²) in [6, 6.07) is 9.32. The third kappa shape index (κ3) is 5.47. The summed E-state index contributed by atoms with van der Waals surface area (Å²) in [6.45, 7) is 3.16. The summed E-state index contributed by atoms with van der Waals surface area (Å²) in [5.74, 6) is -0.765. The number of aryl methyl sites for hydroxylation is 2. The highest BCUT2D eigenvalue weighted by Gasteiger charge is 2.17. The van der Waals surface area contributed by atoms with Crippen molar-refractivity contribution in [3.05, 3.63) is 53.1 Å². The molecule has 148 valence electrons. The molecular weight excluding hydrogens is 364 g/mol. The Hall–Kier alpha value is -3.55. The van der Waals surface area contributed by atoms with Crippen LogP contribution in [0.15, 0.2) is 36.4 Å². The van der Waals surface area contributed by atoms with Crippen LogP contribution in [-0.4, -0.2) is 38.7 Å². The Kier molecular flexibility index (Phi) is 6.97. The fraction of sp³-hybridized carbons (Fsp3) is 0.250. The molecule has 0 bridgehead atoms. The fourth-order valence-corrected chi connectivity index (χ4v) is 2.45. The van der Waals surface area contributed by atoms with Crippen LogP contribution in [0.2, 0.25) is 0 Å². The van der Waals surface area contributed by atoms with E-state index in [1.165, 1.54) is 26.4 Å². The number of carbonyl (C=O) groups excluding carboxylic acids is 3. The van der Waals surface area contributed by atoms with Crippen molar-refractivity contribution >= 4 is 23.6 Å². The Labute approximate surface area is 162 Å². The summed E-state index contributed by atoms with van der Waals surface area (Å²) in [4.78, 5) is 36.0. The Morgan fingerprint density at radius 2 is 1.71 bits per heavy atom. The van der Waals surface area contributed by atoms with Crippen LogP contribution in [0.5, 0.6) is 11.5 Å². The Bertz CT molecular complexity index is 894. The molecule has 0 fully saturated rings. The van der Waals surface area contributed by atoms with E-state index in [0.717, 1.165) is 11.1 Å². The van der Waals surface area contributed by atoms with Gasteiger partial charge in [-0.3, -0.25) is 10.1 Å². The maximum atomic E-state index is 12.2. The van der Waals surface area contributed by atoms with Crippen LogP contribution in [0.3, 0.4) is 0 Å². The molecule has 0 heterocycles. The van der Waals surface area contributed by atoms with Gasteiger partial charge >= 0.3 is 12.0 Å². The third-order valence-electron chi connectivity index (χ3n) is 3.85. The minimum Gasteiger partial charge on any atom is -0.497 e. The average Bonchev–Trinajstić information content (AvgIpc) is 2.67. The monoisotopic (exact) mass is 386 g/mol. The van der Waals surface area contributed by atoms with Crippen LogP contribution in [0.1, 0.15) is 21.5 Å². The van der Waals surface area contributed by atoms with Crippen molar-refractivity contribution in [3.63, 3.8) is 0 Å². The van der Waals surface area contributed by atoms with Gasteiger partial charge in [-0.1, -0.05) is 17.7 Å². The summed E-state index contributed by atoms with van der Waals surface area (Å²) in [5, 5.41) is 4.68. The van der Waals surface area contributed by atoms with Gasteiger partial charge in [-0.25, -0.2) is 9.59 Å². The van der Waals surface area contributed by atoms with Crippen LogP contribution in [0.4, 0.5) is 10.5 Å². The number of benzene rings is 2. The summed E-state index contributed by atoms with van der Waals surface area (Å²) >= 11 is 0. The molecule has 8 nitrogen and oxygen atoms in total. The van der Waals surface area contributed by atoms with Gasteiger partial charge in [0.25, 0.3) is 5.91 Å². The van der Waals surface area contributed by atoms with Gasteiger partial charge in [-0.15, -0.1) is 0 Å². The zero-order valence-corrected chi connectivity index (χ0v) is 16.1. The number of amides is 3. The molecule has 2 aromatic carbocycles. The van der Waals surface area contributed by atoms with Gasteiger partial charge in [-0.05, 0) is 37.6 Å². The van der Waals surface area contributed by atoms with Crippen molar-refractivity contribution < 1.29 is 28.6 Å². The van der Waals surface area contributed by atoms with Crippen molar-refractivity contribution in [3.8, 4) is 11.5 Å². The van der Waals surface area contributed by atoms with E-state index in [1.54, 1.807) is 12.1 Å². The molecule has 0 spiro atoms. The summed E-state index contributed by atoms with van der Waals surface area (Å²) in [5.41, 5.74) is 2.63. The van der Waals surface area contributed by atoms with Crippen molar-refractivity contribution in [2.24, 2.45) is 0 Å². The lowest BCUT2D eigenvalue weighted by Crippen LogP contribution is -2.37. The molecule has 0 aromatic heterocycles. The Balaban J connectivity index is 1.89. The van der Waals surface area contributed by atoms with E-state index in [0.29, 0.717) is 11.4 Å². The van der Waals surface area contributed by atoms with Gasteiger partial charge in [0, 0.05) is 11.8 Å². The number of nitrogens with one attached hydrogen (secondary N) is 2. The van der Waals surface area contributed by atoms with E-state index in [1.807, 2.05) is 26.0 Å². The molecule has 0 saturated carbocycles. The highest BCUT2D eigenvalue weighted by atomic mass is 16.5. The van der Waals surface area contributed by atoms with Gasteiger partial charge in [0.05, 0.1) is 14.2 Å². The molecule has 0 saturated heterocycles. The number of esters is 1. The molecule has 0 unspecified atom stereocenters. The second-order valence-corrected chi connectivity index (χ2v) is 5.96. The number of methoxy groups -OCH3 is 2. The highest BCUT2D eigenvalue weighted by Crippen LogP contribution is 2.25. The van der Waals surface area contributed by atoms with E-state index in [-0.39, 0.29) is 11.3 Å². The van der Waals surface area contributed by atoms with Crippen LogP contribution < -0.4 is 20.1 Å². The summed E-state index contributed by atoms with van der Waals surface area (Å²) in [6.07, 6.45) is 0. The lowest BCUT2D eigenvalue weighted by atomic mass is 10.1. The largest absolute Gasteiger partial charge is 0.497 e. The molecule has 0 atom stereocenters. The van der Waals surface area contributed by atoms with Crippen LogP contribution in [-0.2, 0) is 9.53 Å². The van der Waals surface area contributed by atoms with Gasteiger partial charge in [0.1, 0.15) is 17.1 Å². The second-order valence-electron chi connectivity index (χ2n) is 5.96. The first-order valence-electron chi connectivity index (χ1n) is 8.41. The summed E-state index contributed by atoms with van der Waals surface area (Å²) < 4.78 is 15.1. The molecule has 28 heavy (non-hydrogen) atoms. The zero-order chi connectivity index (χ0) is 20.7. The Morgan fingerprint density at radius 3 is 2.36 bits per heavy atom. The maximum Gasteiger partial charge on any atom is 0.342 e. The first-order valence-corrected chi connectivity index (χ1v) is 8.41. The molecule has 8 heteroatoms. The number of imide groups is 1. The molecule has 0 aliphatic rings. The molecule has 2 rings (SSSR count). The number of hydrogen-bond acceptors (Lipinski definition) is 6. The zero-order valence-electron chi connectivity index (χ0n) is 16.1. The molecule has 3 amide bonds. The number of ether oxygens (including phenoxy) is 3. The molecular formula is C20H22N2O6. The standard InChI is InChI=1S/C20H22N2O6/c1-12-5-8-16(13(2)9-12)21-20(25)22-18(23)11-28-19(24)15-7-6-14(26-3)10-17(15)27-4/h5-10H,11H2,1-4H3,(H2,21,22,23,25). The number of anilines is 1. The third-order valence-corrected chi connectivity index (χ3v) is 3.85. The molecule has 2 aromatic rings. The molecule has 2 N–H and O–H groups in total.